The van der Waals surface area contributed by atoms with Gasteiger partial charge in [0.2, 0.25) is 0 Å². The number of aliphatic carboxylic acids is 1. The van der Waals surface area contributed by atoms with Crippen LogP contribution in [0.1, 0.15) is 45.1 Å². The zero-order valence-electron chi connectivity index (χ0n) is 19.7. The van der Waals surface area contributed by atoms with Gasteiger partial charge in [0.1, 0.15) is 15.2 Å². The van der Waals surface area contributed by atoms with E-state index < -0.39 is 5.97 Å². The van der Waals surface area contributed by atoms with Gasteiger partial charge >= 0.3 is 5.97 Å². The Balaban J connectivity index is 1.54. The summed E-state index contributed by atoms with van der Waals surface area (Å²) >= 11 is 3.88. The van der Waals surface area contributed by atoms with Crippen LogP contribution >= 0.6 is 33.9 Å². The highest BCUT2D eigenvalue weighted by Crippen LogP contribution is 2.37. The second-order valence-corrected chi connectivity index (χ2v) is 11.3. The molecule has 0 amide bonds. The molecule has 2 N–H and O–H groups in total. The summed E-state index contributed by atoms with van der Waals surface area (Å²) in [7, 11) is 0. The van der Waals surface area contributed by atoms with E-state index >= 15 is 0 Å². The Bertz CT molecular complexity index is 1140. The Hall–Kier alpha value is -2.27. The highest BCUT2D eigenvalue weighted by molar-refractivity contribution is 14.1. The number of aryl methyl sites for hydroxylation is 1. The van der Waals surface area contributed by atoms with E-state index in [0.717, 1.165) is 68.7 Å². The fraction of sp³-hybridized carbons (Fsp3) is 0.440. The van der Waals surface area contributed by atoms with E-state index in [1.165, 1.54) is 0 Å². The van der Waals surface area contributed by atoms with Crippen molar-refractivity contribution < 1.29 is 9.90 Å². The maximum atomic E-state index is 11.3. The molecule has 0 saturated heterocycles. The molecule has 0 aromatic carbocycles. The summed E-state index contributed by atoms with van der Waals surface area (Å²) in [5, 5.41) is 13.7. The molecule has 0 radical (unpaired) electrons. The first kappa shape index (κ1) is 24.8. The number of aromatic nitrogens is 3. The Morgan fingerprint density at radius 1 is 1.24 bits per heavy atom. The van der Waals surface area contributed by atoms with Crippen LogP contribution in [-0.2, 0) is 4.79 Å². The number of carbonyl (C=O) groups is 1. The Morgan fingerprint density at radius 3 is 2.68 bits per heavy atom. The average molecular weight is 592 g/mol. The smallest absolute Gasteiger partial charge is 0.306 e. The topological polar surface area (TPSA) is 91.2 Å². The summed E-state index contributed by atoms with van der Waals surface area (Å²) in [6.45, 7) is 7.31. The van der Waals surface area contributed by atoms with Crippen molar-refractivity contribution in [3.63, 3.8) is 0 Å². The first-order chi connectivity index (χ1) is 16.3. The van der Waals surface area contributed by atoms with Crippen molar-refractivity contribution >= 4 is 56.5 Å². The van der Waals surface area contributed by atoms with Crippen molar-refractivity contribution in [1.29, 1.82) is 0 Å². The lowest BCUT2D eigenvalue weighted by atomic mass is 9.82. The normalized spacial score (nSPS) is 18.1. The number of halogens is 1. The van der Waals surface area contributed by atoms with Crippen molar-refractivity contribution in [1.82, 2.24) is 15.0 Å². The van der Waals surface area contributed by atoms with Crippen molar-refractivity contribution in [3.05, 3.63) is 45.9 Å². The molecule has 0 unspecified atom stereocenters. The van der Waals surface area contributed by atoms with Gasteiger partial charge in [-0.25, -0.2) is 15.0 Å². The van der Waals surface area contributed by atoms with E-state index in [1.807, 2.05) is 37.4 Å². The first-order valence-corrected chi connectivity index (χ1v) is 13.5. The summed E-state index contributed by atoms with van der Waals surface area (Å²) in [5.74, 6) is 0.440. The van der Waals surface area contributed by atoms with Crippen LogP contribution < -0.4 is 10.2 Å². The molecule has 9 heteroatoms. The molecule has 34 heavy (non-hydrogen) atoms. The zero-order valence-corrected chi connectivity index (χ0v) is 22.6. The molecule has 3 aromatic heterocycles. The fourth-order valence-electron chi connectivity index (χ4n) is 4.35. The molecule has 3 heterocycles. The van der Waals surface area contributed by atoms with Gasteiger partial charge in [0.15, 0.2) is 5.13 Å². The molecule has 7 nitrogen and oxygen atoms in total. The predicted octanol–water partition coefficient (Wildman–Crippen LogP) is 6.36. The van der Waals surface area contributed by atoms with E-state index in [1.54, 1.807) is 17.5 Å². The number of nitrogens with one attached hydrogen (secondary N) is 1. The van der Waals surface area contributed by atoms with Crippen molar-refractivity contribution in [2.75, 3.05) is 16.8 Å². The zero-order chi connectivity index (χ0) is 24.2. The van der Waals surface area contributed by atoms with Crippen molar-refractivity contribution in [2.45, 2.75) is 52.5 Å². The van der Waals surface area contributed by atoms with E-state index in [2.05, 4.69) is 51.6 Å². The van der Waals surface area contributed by atoms with Gasteiger partial charge in [0.05, 0.1) is 16.5 Å². The number of pyridine rings is 2. The Kier molecular flexibility index (Phi) is 8.02. The number of thiazole rings is 1. The van der Waals surface area contributed by atoms with Gasteiger partial charge in [-0.3, -0.25) is 4.79 Å². The average Bonchev–Trinajstić information content (AvgIpc) is 3.28. The molecule has 1 fully saturated rings. The highest BCUT2D eigenvalue weighted by Gasteiger charge is 2.28. The van der Waals surface area contributed by atoms with Gasteiger partial charge in [-0.1, -0.05) is 11.3 Å². The third-order valence-corrected chi connectivity index (χ3v) is 7.93. The molecule has 1 aliphatic carbocycles. The molecular formula is C25H30IN5O2S. The molecule has 3 aromatic rings. The van der Waals surface area contributed by atoms with Crippen LogP contribution in [0.4, 0.5) is 16.6 Å². The van der Waals surface area contributed by atoms with Crippen LogP contribution in [0.3, 0.4) is 0 Å². The number of carboxylic acid groups (broad SMARTS) is 1. The van der Waals surface area contributed by atoms with E-state index in [9.17, 15) is 9.90 Å². The molecule has 1 saturated carbocycles. The standard InChI is InChI=1S/C25H30IN5O2S/c1-15(2)31(14-17-4-6-18(7-5-17)24(32)33)25-28-13-20(34-25)23-19(8-9-21(26)30-23)29-22-12-16(3)10-11-27-22/h8-13,15,17-18H,4-7,14H2,1-3H3,(H,27,29)(H,32,33). The summed E-state index contributed by atoms with van der Waals surface area (Å²) < 4.78 is 0.918. The molecule has 0 bridgehead atoms. The van der Waals surface area contributed by atoms with Crippen LogP contribution in [0.25, 0.3) is 10.6 Å². The number of nitrogens with zero attached hydrogens (tertiary/aromatic N) is 4. The largest absolute Gasteiger partial charge is 0.481 e. The van der Waals surface area contributed by atoms with Gasteiger partial charge in [-0.05, 0) is 105 Å². The maximum absolute atomic E-state index is 11.3. The minimum Gasteiger partial charge on any atom is -0.481 e. The number of hydrogen-bond acceptors (Lipinski definition) is 7. The van der Waals surface area contributed by atoms with Crippen LogP contribution in [0.15, 0.2) is 36.7 Å². The molecule has 4 rings (SSSR count). The minimum absolute atomic E-state index is 0.185. The highest BCUT2D eigenvalue weighted by atomic mass is 127. The molecule has 0 aliphatic heterocycles. The van der Waals surface area contributed by atoms with Crippen molar-refractivity contribution in [3.8, 4) is 10.6 Å². The SMILES string of the molecule is Cc1ccnc(Nc2ccc(I)nc2-c2cnc(N(CC3CCC(C(=O)O)CC3)C(C)C)s2)c1. The number of hydrogen-bond donors (Lipinski definition) is 2. The summed E-state index contributed by atoms with van der Waals surface area (Å²) in [6, 6.07) is 8.31. The summed E-state index contributed by atoms with van der Waals surface area (Å²) in [5.41, 5.74) is 2.91. The second-order valence-electron chi connectivity index (χ2n) is 9.18. The summed E-state index contributed by atoms with van der Waals surface area (Å²) in [4.78, 5) is 28.7. The van der Waals surface area contributed by atoms with Crippen LogP contribution in [-0.4, -0.2) is 38.6 Å². The Labute approximate surface area is 218 Å². The lowest BCUT2D eigenvalue weighted by molar-refractivity contribution is -0.143. The van der Waals surface area contributed by atoms with Gasteiger partial charge in [-0.2, -0.15) is 0 Å². The molecule has 0 atom stereocenters. The van der Waals surface area contributed by atoms with Gasteiger partial charge in [0.25, 0.3) is 0 Å². The van der Waals surface area contributed by atoms with Gasteiger partial charge < -0.3 is 15.3 Å². The van der Waals surface area contributed by atoms with Crippen molar-refractivity contribution in [2.24, 2.45) is 11.8 Å². The number of rotatable bonds is 8. The number of carboxylic acids is 1. The second kappa shape index (κ2) is 11.0. The fourth-order valence-corrected chi connectivity index (χ4v) is 5.84. The lowest BCUT2D eigenvalue weighted by Crippen LogP contribution is -2.37. The van der Waals surface area contributed by atoms with Crippen LogP contribution in [0.2, 0.25) is 0 Å². The van der Waals surface area contributed by atoms with E-state index in [0.29, 0.717) is 12.0 Å². The summed E-state index contributed by atoms with van der Waals surface area (Å²) in [6.07, 6.45) is 7.15. The maximum Gasteiger partial charge on any atom is 0.306 e. The number of anilines is 3. The Morgan fingerprint density at radius 2 is 2.00 bits per heavy atom. The minimum atomic E-state index is -0.654. The molecular weight excluding hydrogens is 561 g/mol. The molecule has 180 valence electrons. The quantitative estimate of drug-likeness (QED) is 0.233. The van der Waals surface area contributed by atoms with Gasteiger partial charge in [0, 0.05) is 25.0 Å². The monoisotopic (exact) mass is 591 g/mol. The lowest BCUT2D eigenvalue weighted by Gasteiger charge is -2.33. The molecule has 1 aliphatic rings. The third-order valence-electron chi connectivity index (χ3n) is 6.29. The predicted molar refractivity (Wildman–Crippen MR) is 146 cm³/mol. The van der Waals surface area contributed by atoms with Crippen LogP contribution in [0, 0.1) is 22.5 Å². The third kappa shape index (κ3) is 6.04. The molecule has 0 spiro atoms. The van der Waals surface area contributed by atoms with E-state index in [4.69, 9.17) is 9.97 Å². The van der Waals surface area contributed by atoms with Crippen LogP contribution in [0.5, 0.6) is 0 Å². The van der Waals surface area contributed by atoms with E-state index in [-0.39, 0.29) is 5.92 Å². The van der Waals surface area contributed by atoms with Gasteiger partial charge in [-0.15, -0.1) is 0 Å². The first-order valence-electron chi connectivity index (χ1n) is 11.6.